The van der Waals surface area contributed by atoms with E-state index in [9.17, 15) is 14.4 Å². The van der Waals surface area contributed by atoms with Gasteiger partial charge in [0.15, 0.2) is 0 Å². The summed E-state index contributed by atoms with van der Waals surface area (Å²) in [5, 5.41) is 5.56. The third-order valence-corrected chi connectivity index (χ3v) is 4.32. The molecular weight excluding hydrogens is 334 g/mol. The molecule has 1 atom stereocenters. The van der Waals surface area contributed by atoms with Crippen LogP contribution in [-0.4, -0.2) is 35.7 Å². The van der Waals surface area contributed by atoms with Crippen LogP contribution >= 0.6 is 0 Å². The number of hydrogen-bond acceptors (Lipinski definition) is 4. The summed E-state index contributed by atoms with van der Waals surface area (Å²) in [7, 11) is 0. The Morgan fingerprint density at radius 2 is 1.77 bits per heavy atom. The Hall–Kier alpha value is -3.09. The van der Waals surface area contributed by atoms with Gasteiger partial charge in [0.25, 0.3) is 5.91 Å². The maximum Gasteiger partial charge on any atom is 0.257 e. The van der Waals surface area contributed by atoms with Crippen molar-refractivity contribution in [3.8, 4) is 0 Å². The first-order valence-corrected chi connectivity index (χ1v) is 8.53. The highest BCUT2D eigenvalue weighted by molar-refractivity contribution is 5.96. The van der Waals surface area contributed by atoms with Gasteiger partial charge in [0.1, 0.15) is 6.26 Å². The number of rotatable bonds is 4. The number of benzene rings is 1. The summed E-state index contributed by atoms with van der Waals surface area (Å²) in [5.41, 5.74) is 1.83. The molecule has 1 saturated heterocycles. The summed E-state index contributed by atoms with van der Waals surface area (Å²) < 4.78 is 4.96. The Morgan fingerprint density at radius 1 is 1.08 bits per heavy atom. The zero-order chi connectivity index (χ0) is 18.5. The summed E-state index contributed by atoms with van der Waals surface area (Å²) >= 11 is 0. The average molecular weight is 355 g/mol. The molecule has 2 heterocycles. The van der Waals surface area contributed by atoms with E-state index in [0.29, 0.717) is 30.0 Å². The lowest BCUT2D eigenvalue weighted by atomic mass is 9.96. The van der Waals surface area contributed by atoms with E-state index in [1.165, 1.54) is 19.5 Å². The van der Waals surface area contributed by atoms with Crippen LogP contribution < -0.4 is 10.6 Å². The molecule has 7 heteroatoms. The summed E-state index contributed by atoms with van der Waals surface area (Å²) in [5.74, 6) is -0.626. The molecule has 1 aliphatic rings. The molecule has 2 N–H and O–H groups in total. The molecule has 0 spiro atoms. The van der Waals surface area contributed by atoms with Crippen LogP contribution in [0.4, 0.5) is 11.4 Å². The van der Waals surface area contributed by atoms with Crippen molar-refractivity contribution < 1.29 is 18.8 Å². The summed E-state index contributed by atoms with van der Waals surface area (Å²) in [4.78, 5) is 37.7. The van der Waals surface area contributed by atoms with Crippen molar-refractivity contribution in [2.75, 3.05) is 23.7 Å². The minimum Gasteiger partial charge on any atom is -0.472 e. The van der Waals surface area contributed by atoms with Crippen molar-refractivity contribution in [1.29, 1.82) is 0 Å². The minimum absolute atomic E-state index is 0.109. The Morgan fingerprint density at radius 3 is 2.38 bits per heavy atom. The van der Waals surface area contributed by atoms with E-state index in [1.807, 2.05) is 0 Å². The van der Waals surface area contributed by atoms with Crippen LogP contribution in [0.15, 0.2) is 47.3 Å². The first kappa shape index (κ1) is 17.7. The van der Waals surface area contributed by atoms with Crippen molar-refractivity contribution in [2.45, 2.75) is 19.8 Å². The van der Waals surface area contributed by atoms with E-state index >= 15 is 0 Å². The second-order valence-corrected chi connectivity index (χ2v) is 6.35. The van der Waals surface area contributed by atoms with Crippen LogP contribution in [-0.2, 0) is 9.59 Å². The second-order valence-electron chi connectivity index (χ2n) is 6.35. The van der Waals surface area contributed by atoms with Crippen LogP contribution in [0.25, 0.3) is 0 Å². The van der Waals surface area contributed by atoms with E-state index in [2.05, 4.69) is 10.6 Å². The summed E-state index contributed by atoms with van der Waals surface area (Å²) in [6.07, 6.45) is 4.41. The molecule has 136 valence electrons. The fourth-order valence-corrected chi connectivity index (χ4v) is 3.03. The third-order valence-electron chi connectivity index (χ3n) is 4.32. The van der Waals surface area contributed by atoms with E-state index in [0.717, 1.165) is 12.8 Å². The molecule has 3 amide bonds. The monoisotopic (exact) mass is 355 g/mol. The standard InChI is InChI=1S/C19H21N3O4/c1-13(23)20-16-4-6-17(7-5-16)21-18(24)14-3-2-9-22(11-14)19(25)15-8-10-26-12-15/h4-8,10,12,14H,2-3,9,11H2,1H3,(H,20,23)(H,21,24)/t14-/m0/s1. The number of nitrogens with one attached hydrogen (secondary N) is 2. The molecule has 2 aromatic rings. The number of hydrogen-bond donors (Lipinski definition) is 2. The molecule has 3 rings (SSSR count). The molecule has 0 radical (unpaired) electrons. The van der Waals surface area contributed by atoms with Gasteiger partial charge in [0.2, 0.25) is 11.8 Å². The predicted octanol–water partition coefficient (Wildman–Crippen LogP) is 2.73. The summed E-state index contributed by atoms with van der Waals surface area (Å²) in [6.45, 7) is 2.47. The molecule has 0 saturated carbocycles. The predicted molar refractivity (Wildman–Crippen MR) is 96.7 cm³/mol. The molecule has 0 unspecified atom stereocenters. The normalized spacial score (nSPS) is 16.8. The number of piperidine rings is 1. The number of amides is 3. The lowest BCUT2D eigenvalue weighted by molar-refractivity contribution is -0.121. The van der Waals surface area contributed by atoms with E-state index in [4.69, 9.17) is 4.42 Å². The largest absolute Gasteiger partial charge is 0.472 e. The van der Waals surface area contributed by atoms with Crippen LogP contribution in [0.3, 0.4) is 0 Å². The minimum atomic E-state index is -0.255. The Kier molecular flexibility index (Phi) is 5.36. The SMILES string of the molecule is CC(=O)Nc1ccc(NC(=O)[C@H]2CCCN(C(=O)c3ccoc3)C2)cc1. The fraction of sp³-hybridized carbons (Fsp3) is 0.316. The van der Waals surface area contributed by atoms with Gasteiger partial charge >= 0.3 is 0 Å². The van der Waals surface area contributed by atoms with Gasteiger partial charge in [0, 0.05) is 31.4 Å². The highest BCUT2D eigenvalue weighted by atomic mass is 16.3. The van der Waals surface area contributed by atoms with Crippen LogP contribution in [0.1, 0.15) is 30.1 Å². The lowest BCUT2D eigenvalue weighted by Crippen LogP contribution is -2.43. The highest BCUT2D eigenvalue weighted by Gasteiger charge is 2.29. The van der Waals surface area contributed by atoms with Crippen molar-refractivity contribution in [3.05, 3.63) is 48.4 Å². The van der Waals surface area contributed by atoms with E-state index in [-0.39, 0.29) is 23.6 Å². The van der Waals surface area contributed by atoms with Crippen molar-refractivity contribution in [3.63, 3.8) is 0 Å². The number of anilines is 2. The molecule has 1 aromatic carbocycles. The zero-order valence-corrected chi connectivity index (χ0v) is 14.5. The number of carbonyl (C=O) groups is 3. The molecule has 1 aromatic heterocycles. The average Bonchev–Trinajstić information content (AvgIpc) is 3.17. The van der Waals surface area contributed by atoms with Gasteiger partial charge in [-0.25, -0.2) is 0 Å². The Labute approximate surface area is 151 Å². The molecule has 26 heavy (non-hydrogen) atoms. The van der Waals surface area contributed by atoms with Crippen LogP contribution in [0.5, 0.6) is 0 Å². The molecule has 0 aliphatic carbocycles. The van der Waals surface area contributed by atoms with Crippen molar-refractivity contribution >= 4 is 29.1 Å². The Bertz CT molecular complexity index is 784. The molecule has 1 aliphatic heterocycles. The quantitative estimate of drug-likeness (QED) is 0.882. The number of carbonyl (C=O) groups excluding carboxylic acids is 3. The van der Waals surface area contributed by atoms with Gasteiger partial charge in [-0.2, -0.15) is 0 Å². The molecular formula is C19H21N3O4. The smallest absolute Gasteiger partial charge is 0.257 e. The number of likely N-dealkylation sites (tertiary alicyclic amines) is 1. The van der Waals surface area contributed by atoms with Gasteiger partial charge in [-0.15, -0.1) is 0 Å². The first-order valence-electron chi connectivity index (χ1n) is 8.53. The van der Waals surface area contributed by atoms with E-state index < -0.39 is 0 Å². The molecule has 1 fully saturated rings. The number of furan rings is 1. The maximum atomic E-state index is 12.5. The van der Waals surface area contributed by atoms with Gasteiger partial charge < -0.3 is 20.0 Å². The zero-order valence-electron chi connectivity index (χ0n) is 14.5. The lowest BCUT2D eigenvalue weighted by Gasteiger charge is -2.31. The summed E-state index contributed by atoms with van der Waals surface area (Å²) in [6, 6.07) is 8.56. The Balaban J connectivity index is 1.59. The second kappa shape index (κ2) is 7.86. The molecule has 0 bridgehead atoms. The highest BCUT2D eigenvalue weighted by Crippen LogP contribution is 2.21. The first-order chi connectivity index (χ1) is 12.5. The van der Waals surface area contributed by atoms with Crippen molar-refractivity contribution in [2.24, 2.45) is 5.92 Å². The van der Waals surface area contributed by atoms with Gasteiger partial charge in [-0.3, -0.25) is 14.4 Å². The van der Waals surface area contributed by atoms with Gasteiger partial charge in [-0.1, -0.05) is 0 Å². The maximum absolute atomic E-state index is 12.5. The van der Waals surface area contributed by atoms with Gasteiger partial charge in [-0.05, 0) is 43.2 Å². The number of nitrogens with zero attached hydrogens (tertiary/aromatic N) is 1. The molecule has 7 nitrogen and oxygen atoms in total. The van der Waals surface area contributed by atoms with Gasteiger partial charge in [0.05, 0.1) is 17.7 Å². The fourth-order valence-electron chi connectivity index (χ4n) is 3.03. The third kappa shape index (κ3) is 4.30. The van der Waals surface area contributed by atoms with E-state index in [1.54, 1.807) is 35.2 Å². The van der Waals surface area contributed by atoms with Crippen molar-refractivity contribution in [1.82, 2.24) is 4.90 Å². The topological polar surface area (TPSA) is 91.7 Å². The van der Waals surface area contributed by atoms with Crippen LogP contribution in [0.2, 0.25) is 0 Å². The van der Waals surface area contributed by atoms with Crippen LogP contribution in [0, 0.1) is 5.92 Å².